The van der Waals surface area contributed by atoms with Gasteiger partial charge in [-0.3, -0.25) is 4.90 Å². The van der Waals surface area contributed by atoms with Crippen LogP contribution in [0.4, 0.5) is 5.69 Å². The van der Waals surface area contributed by atoms with E-state index < -0.39 is 10.0 Å². The van der Waals surface area contributed by atoms with Gasteiger partial charge in [-0.2, -0.15) is 4.31 Å². The molecule has 112 valence electrons. The van der Waals surface area contributed by atoms with Crippen LogP contribution in [0.5, 0.6) is 0 Å². The first-order chi connectivity index (χ1) is 9.46. The lowest BCUT2D eigenvalue weighted by molar-refractivity contribution is 0.154. The first kappa shape index (κ1) is 15.2. The molecule has 0 spiro atoms. The zero-order chi connectivity index (χ0) is 14.8. The summed E-state index contributed by atoms with van der Waals surface area (Å²) in [6.45, 7) is 6.81. The predicted octanol–water partition coefficient (Wildman–Crippen LogP) is 0.838. The second kappa shape index (κ2) is 6.07. The number of nitrogens with zero attached hydrogens (tertiary/aromatic N) is 3. The fourth-order valence-electron chi connectivity index (χ4n) is 2.37. The van der Waals surface area contributed by atoms with Crippen LogP contribution in [0.25, 0.3) is 0 Å². The molecule has 1 N–H and O–H groups in total. The van der Waals surface area contributed by atoms with Crippen molar-refractivity contribution in [2.45, 2.75) is 24.9 Å². The lowest BCUT2D eigenvalue weighted by atomic mass is 10.3. The Hall–Kier alpha value is -1.18. The standard InChI is InChI=1S/C13H22N4O2S/c1-11(2)16-7-9-17(10-8-16)20(18,19)13-12(14-3)5-4-6-15-13/h4-6,11,14H,7-10H2,1-3H3. The number of rotatable bonds is 4. The van der Waals surface area contributed by atoms with Crippen LogP contribution in [0, 0.1) is 0 Å². The molecule has 0 radical (unpaired) electrons. The van der Waals surface area contributed by atoms with Crippen LogP contribution in [0.15, 0.2) is 23.4 Å². The second-order valence-electron chi connectivity index (χ2n) is 5.14. The number of hydrogen-bond donors (Lipinski definition) is 1. The topological polar surface area (TPSA) is 65.5 Å². The van der Waals surface area contributed by atoms with E-state index in [1.54, 1.807) is 19.2 Å². The summed E-state index contributed by atoms with van der Waals surface area (Å²) in [7, 11) is -1.82. The van der Waals surface area contributed by atoms with E-state index in [0.717, 1.165) is 13.1 Å². The molecule has 0 amide bonds. The molecule has 0 unspecified atom stereocenters. The summed E-state index contributed by atoms with van der Waals surface area (Å²) >= 11 is 0. The highest BCUT2D eigenvalue weighted by Gasteiger charge is 2.31. The van der Waals surface area contributed by atoms with E-state index in [0.29, 0.717) is 24.8 Å². The van der Waals surface area contributed by atoms with Crippen LogP contribution in [0.1, 0.15) is 13.8 Å². The third kappa shape index (κ3) is 2.94. The van der Waals surface area contributed by atoms with E-state index in [4.69, 9.17) is 0 Å². The van der Waals surface area contributed by atoms with Crippen molar-refractivity contribution in [3.05, 3.63) is 18.3 Å². The van der Waals surface area contributed by atoms with Gasteiger partial charge in [-0.05, 0) is 26.0 Å². The van der Waals surface area contributed by atoms with Gasteiger partial charge in [0.25, 0.3) is 10.0 Å². The van der Waals surface area contributed by atoms with Gasteiger partial charge in [0.15, 0.2) is 5.03 Å². The summed E-state index contributed by atoms with van der Waals surface area (Å²) in [5.74, 6) is 0. The van der Waals surface area contributed by atoms with Crippen LogP contribution in [-0.4, -0.2) is 61.9 Å². The minimum Gasteiger partial charge on any atom is -0.386 e. The minimum absolute atomic E-state index is 0.112. The summed E-state index contributed by atoms with van der Waals surface area (Å²) in [4.78, 5) is 6.33. The third-order valence-corrected chi connectivity index (χ3v) is 5.49. The Morgan fingerprint density at radius 2 is 1.90 bits per heavy atom. The molecule has 1 aliphatic heterocycles. The van der Waals surface area contributed by atoms with Gasteiger partial charge < -0.3 is 5.32 Å². The second-order valence-corrected chi connectivity index (χ2v) is 6.99. The molecule has 1 saturated heterocycles. The van der Waals surface area contributed by atoms with Crippen molar-refractivity contribution in [1.29, 1.82) is 0 Å². The molecule has 2 heterocycles. The molecular weight excluding hydrogens is 276 g/mol. The average Bonchev–Trinajstić information content (AvgIpc) is 2.47. The Balaban J connectivity index is 2.20. The Bertz CT molecular complexity index is 551. The Morgan fingerprint density at radius 1 is 1.25 bits per heavy atom. The Labute approximate surface area is 120 Å². The van der Waals surface area contributed by atoms with Gasteiger partial charge in [-0.1, -0.05) is 0 Å². The summed E-state index contributed by atoms with van der Waals surface area (Å²) in [6.07, 6.45) is 1.51. The van der Waals surface area contributed by atoms with Gasteiger partial charge in [0.05, 0.1) is 5.69 Å². The molecule has 1 fully saturated rings. The monoisotopic (exact) mass is 298 g/mol. The summed E-state index contributed by atoms with van der Waals surface area (Å²) in [5.41, 5.74) is 0.541. The summed E-state index contributed by atoms with van der Waals surface area (Å²) in [6, 6.07) is 3.90. The number of sulfonamides is 1. The van der Waals surface area contributed by atoms with Gasteiger partial charge in [0.1, 0.15) is 0 Å². The Morgan fingerprint density at radius 3 is 2.45 bits per heavy atom. The minimum atomic E-state index is -3.52. The normalized spacial score (nSPS) is 18.4. The summed E-state index contributed by atoms with van der Waals surface area (Å²) in [5, 5.41) is 3.00. The first-order valence-electron chi connectivity index (χ1n) is 6.83. The highest BCUT2D eigenvalue weighted by molar-refractivity contribution is 7.89. The van der Waals surface area contributed by atoms with Gasteiger partial charge in [0, 0.05) is 45.5 Å². The van der Waals surface area contributed by atoms with Crippen LogP contribution in [-0.2, 0) is 10.0 Å². The lowest BCUT2D eigenvalue weighted by Gasteiger charge is -2.36. The van der Waals surface area contributed by atoms with Crippen molar-refractivity contribution in [3.8, 4) is 0 Å². The molecule has 20 heavy (non-hydrogen) atoms. The fourth-order valence-corrected chi connectivity index (χ4v) is 3.90. The molecule has 1 aromatic heterocycles. The van der Waals surface area contributed by atoms with E-state index in [1.165, 1.54) is 10.5 Å². The molecule has 0 atom stereocenters. The number of piperazine rings is 1. The van der Waals surface area contributed by atoms with Crippen molar-refractivity contribution in [3.63, 3.8) is 0 Å². The number of anilines is 1. The maximum atomic E-state index is 12.6. The van der Waals surface area contributed by atoms with Crippen LogP contribution in [0.2, 0.25) is 0 Å². The number of hydrogen-bond acceptors (Lipinski definition) is 5. The highest BCUT2D eigenvalue weighted by atomic mass is 32.2. The van der Waals surface area contributed by atoms with Crippen molar-refractivity contribution < 1.29 is 8.42 Å². The molecule has 6 nitrogen and oxygen atoms in total. The summed E-state index contributed by atoms with van der Waals surface area (Å²) < 4.78 is 26.8. The van der Waals surface area contributed by atoms with E-state index in [-0.39, 0.29) is 5.03 Å². The van der Waals surface area contributed by atoms with E-state index in [2.05, 4.69) is 29.0 Å². The molecular formula is C13H22N4O2S. The van der Waals surface area contributed by atoms with Gasteiger partial charge in [-0.15, -0.1) is 0 Å². The van der Waals surface area contributed by atoms with E-state index >= 15 is 0 Å². The lowest BCUT2D eigenvalue weighted by Crippen LogP contribution is -2.50. The van der Waals surface area contributed by atoms with E-state index in [9.17, 15) is 8.42 Å². The van der Waals surface area contributed by atoms with Crippen LogP contribution >= 0.6 is 0 Å². The fraction of sp³-hybridized carbons (Fsp3) is 0.615. The molecule has 1 aromatic rings. The van der Waals surface area contributed by atoms with Gasteiger partial charge >= 0.3 is 0 Å². The maximum Gasteiger partial charge on any atom is 0.262 e. The maximum absolute atomic E-state index is 12.6. The highest BCUT2D eigenvalue weighted by Crippen LogP contribution is 2.22. The molecule has 0 aliphatic carbocycles. The van der Waals surface area contributed by atoms with E-state index in [1.807, 2.05) is 0 Å². The molecule has 2 rings (SSSR count). The average molecular weight is 298 g/mol. The van der Waals surface area contributed by atoms with Gasteiger partial charge in [-0.25, -0.2) is 13.4 Å². The van der Waals surface area contributed by atoms with Crippen molar-refractivity contribution in [2.75, 3.05) is 38.5 Å². The number of aromatic nitrogens is 1. The molecule has 1 aliphatic rings. The molecule has 0 bridgehead atoms. The number of pyridine rings is 1. The van der Waals surface area contributed by atoms with Crippen molar-refractivity contribution in [1.82, 2.24) is 14.2 Å². The Kier molecular flexibility index (Phi) is 4.62. The van der Waals surface area contributed by atoms with Crippen molar-refractivity contribution in [2.24, 2.45) is 0 Å². The number of nitrogens with one attached hydrogen (secondary N) is 1. The van der Waals surface area contributed by atoms with Crippen LogP contribution in [0.3, 0.4) is 0 Å². The zero-order valence-electron chi connectivity index (χ0n) is 12.2. The van der Waals surface area contributed by atoms with Crippen LogP contribution < -0.4 is 5.32 Å². The largest absolute Gasteiger partial charge is 0.386 e. The molecule has 0 saturated carbocycles. The molecule has 7 heteroatoms. The zero-order valence-corrected chi connectivity index (χ0v) is 13.0. The quantitative estimate of drug-likeness (QED) is 0.892. The first-order valence-corrected chi connectivity index (χ1v) is 8.28. The van der Waals surface area contributed by atoms with Crippen molar-refractivity contribution >= 4 is 15.7 Å². The van der Waals surface area contributed by atoms with Gasteiger partial charge in [0.2, 0.25) is 0 Å². The predicted molar refractivity (Wildman–Crippen MR) is 79.3 cm³/mol. The smallest absolute Gasteiger partial charge is 0.262 e. The third-order valence-electron chi connectivity index (χ3n) is 3.63. The molecule has 0 aromatic carbocycles. The SMILES string of the molecule is CNc1cccnc1S(=O)(=O)N1CCN(C(C)C)CC1.